The fourth-order valence-corrected chi connectivity index (χ4v) is 5.54. The molecule has 0 spiro atoms. The lowest BCUT2D eigenvalue weighted by Crippen LogP contribution is -2.35. The average Bonchev–Trinajstić information content (AvgIpc) is 3.19. The number of rotatable bonds is 4. The number of hydrogen-bond acceptors (Lipinski definition) is 4. The summed E-state index contributed by atoms with van der Waals surface area (Å²) in [5, 5.41) is 2.72. The van der Waals surface area contributed by atoms with Gasteiger partial charge in [-0.05, 0) is 49.2 Å². The zero-order valence-corrected chi connectivity index (χ0v) is 16.3. The zero-order chi connectivity index (χ0) is 18.9. The van der Waals surface area contributed by atoms with Crippen LogP contribution < -0.4 is 0 Å². The van der Waals surface area contributed by atoms with Gasteiger partial charge in [-0.3, -0.25) is 0 Å². The number of thiazole rings is 1. The van der Waals surface area contributed by atoms with Gasteiger partial charge in [-0.15, -0.1) is 11.3 Å². The summed E-state index contributed by atoms with van der Waals surface area (Å²) in [6, 6.07) is 13.1. The number of halogens is 1. The van der Waals surface area contributed by atoms with Crippen LogP contribution in [-0.4, -0.2) is 30.8 Å². The van der Waals surface area contributed by atoms with Crippen molar-refractivity contribution in [3.63, 3.8) is 0 Å². The van der Waals surface area contributed by atoms with Gasteiger partial charge in [-0.1, -0.05) is 18.6 Å². The van der Waals surface area contributed by atoms with Crippen molar-refractivity contribution in [2.45, 2.75) is 24.2 Å². The maximum Gasteiger partial charge on any atom is 0.243 e. The van der Waals surface area contributed by atoms with E-state index >= 15 is 0 Å². The molecular weight excluding hydrogens is 383 g/mol. The number of sulfonamides is 1. The standard InChI is InChI=1S/C20H19FN2O2S2/c21-17-8-4-16(5-9-17)20-22-19(14-26-20)15-6-10-18(11-7-15)27(24,25)23-12-2-1-3-13-23/h4-11,14H,1-3,12-13H2. The summed E-state index contributed by atoms with van der Waals surface area (Å²) in [6.07, 6.45) is 2.93. The van der Waals surface area contributed by atoms with Crippen molar-refractivity contribution >= 4 is 21.4 Å². The zero-order valence-electron chi connectivity index (χ0n) is 14.6. The molecule has 0 amide bonds. The van der Waals surface area contributed by atoms with Crippen LogP contribution in [0.2, 0.25) is 0 Å². The number of hydrogen-bond donors (Lipinski definition) is 0. The molecule has 1 saturated heterocycles. The van der Waals surface area contributed by atoms with E-state index in [-0.39, 0.29) is 5.82 Å². The Kier molecular flexibility index (Phi) is 5.08. The second-order valence-corrected chi connectivity index (χ2v) is 9.33. The van der Waals surface area contributed by atoms with Gasteiger partial charge in [0, 0.05) is 29.6 Å². The molecule has 140 valence electrons. The van der Waals surface area contributed by atoms with E-state index in [1.54, 1.807) is 40.7 Å². The van der Waals surface area contributed by atoms with Gasteiger partial charge in [0.25, 0.3) is 0 Å². The van der Waals surface area contributed by atoms with Crippen LogP contribution in [0, 0.1) is 5.82 Å². The normalized spacial score (nSPS) is 15.7. The van der Waals surface area contributed by atoms with Crippen molar-refractivity contribution in [2.75, 3.05) is 13.1 Å². The summed E-state index contributed by atoms with van der Waals surface area (Å²) in [4.78, 5) is 4.92. The molecule has 0 radical (unpaired) electrons. The number of nitrogens with zero attached hydrogens (tertiary/aromatic N) is 2. The van der Waals surface area contributed by atoms with Crippen molar-refractivity contribution in [3.8, 4) is 21.8 Å². The molecule has 1 aliphatic rings. The third-order valence-electron chi connectivity index (χ3n) is 4.70. The quantitative estimate of drug-likeness (QED) is 0.630. The second-order valence-electron chi connectivity index (χ2n) is 6.53. The van der Waals surface area contributed by atoms with E-state index in [9.17, 15) is 12.8 Å². The smallest absolute Gasteiger partial charge is 0.236 e. The topological polar surface area (TPSA) is 50.3 Å². The summed E-state index contributed by atoms with van der Waals surface area (Å²) in [7, 11) is -3.42. The molecule has 1 aliphatic heterocycles. The highest BCUT2D eigenvalue weighted by molar-refractivity contribution is 7.89. The molecular formula is C20H19FN2O2S2. The Bertz CT molecular complexity index is 1020. The molecule has 2 heterocycles. The number of benzene rings is 2. The highest BCUT2D eigenvalue weighted by atomic mass is 32.2. The molecule has 0 saturated carbocycles. The first kappa shape index (κ1) is 18.3. The van der Waals surface area contributed by atoms with E-state index in [1.165, 1.54) is 23.5 Å². The highest BCUT2D eigenvalue weighted by Gasteiger charge is 2.25. The van der Waals surface area contributed by atoms with Crippen LogP contribution in [-0.2, 0) is 10.0 Å². The van der Waals surface area contributed by atoms with Crippen molar-refractivity contribution in [1.82, 2.24) is 9.29 Å². The third-order valence-corrected chi connectivity index (χ3v) is 7.50. The molecule has 1 fully saturated rings. The van der Waals surface area contributed by atoms with Crippen LogP contribution in [0.4, 0.5) is 4.39 Å². The van der Waals surface area contributed by atoms with Crippen LogP contribution in [0.1, 0.15) is 19.3 Å². The van der Waals surface area contributed by atoms with E-state index < -0.39 is 10.0 Å². The first-order chi connectivity index (χ1) is 13.0. The van der Waals surface area contributed by atoms with E-state index in [4.69, 9.17) is 0 Å². The molecule has 7 heteroatoms. The molecule has 0 atom stereocenters. The first-order valence-corrected chi connectivity index (χ1v) is 11.2. The van der Waals surface area contributed by atoms with Crippen LogP contribution >= 0.6 is 11.3 Å². The molecule has 0 bridgehead atoms. The molecule has 2 aromatic carbocycles. The van der Waals surface area contributed by atoms with Crippen molar-refractivity contribution in [1.29, 1.82) is 0 Å². The maximum atomic E-state index is 13.1. The van der Waals surface area contributed by atoms with Gasteiger partial charge >= 0.3 is 0 Å². The lowest BCUT2D eigenvalue weighted by atomic mass is 10.2. The van der Waals surface area contributed by atoms with Crippen LogP contribution in [0.25, 0.3) is 21.8 Å². The molecule has 27 heavy (non-hydrogen) atoms. The SMILES string of the molecule is O=S(=O)(c1ccc(-c2csc(-c3ccc(F)cc3)n2)cc1)N1CCCCC1. The summed E-state index contributed by atoms with van der Waals surface area (Å²) in [5.74, 6) is -0.277. The van der Waals surface area contributed by atoms with E-state index in [1.807, 2.05) is 5.38 Å². The molecule has 0 N–H and O–H groups in total. The molecule has 4 rings (SSSR count). The van der Waals surface area contributed by atoms with Gasteiger partial charge < -0.3 is 0 Å². The Morgan fingerprint density at radius 2 is 1.52 bits per heavy atom. The molecule has 3 aromatic rings. The predicted octanol–water partition coefficient (Wildman–Crippen LogP) is 4.79. The summed E-state index contributed by atoms with van der Waals surface area (Å²) < 4.78 is 40.1. The lowest BCUT2D eigenvalue weighted by Gasteiger charge is -2.25. The summed E-state index contributed by atoms with van der Waals surface area (Å²) in [5.41, 5.74) is 2.50. The maximum absolute atomic E-state index is 13.1. The van der Waals surface area contributed by atoms with E-state index in [0.717, 1.165) is 41.1 Å². The molecule has 0 aliphatic carbocycles. The van der Waals surface area contributed by atoms with Gasteiger partial charge in [0.15, 0.2) is 0 Å². The summed E-state index contributed by atoms with van der Waals surface area (Å²) >= 11 is 1.48. The van der Waals surface area contributed by atoms with Crippen molar-refractivity contribution in [2.24, 2.45) is 0 Å². The molecule has 4 nitrogen and oxygen atoms in total. The number of piperidine rings is 1. The van der Waals surface area contributed by atoms with Gasteiger partial charge in [0.2, 0.25) is 10.0 Å². The Hall–Kier alpha value is -2.09. The number of aromatic nitrogens is 1. The minimum absolute atomic E-state index is 0.277. The molecule has 1 aromatic heterocycles. The largest absolute Gasteiger partial charge is 0.243 e. The average molecular weight is 403 g/mol. The minimum atomic E-state index is -3.42. The lowest BCUT2D eigenvalue weighted by molar-refractivity contribution is 0.346. The Balaban J connectivity index is 1.57. The highest BCUT2D eigenvalue weighted by Crippen LogP contribution is 2.30. The summed E-state index contributed by atoms with van der Waals surface area (Å²) in [6.45, 7) is 1.19. The Morgan fingerprint density at radius 1 is 0.889 bits per heavy atom. The fourth-order valence-electron chi connectivity index (χ4n) is 3.18. The third kappa shape index (κ3) is 3.81. The van der Waals surface area contributed by atoms with Gasteiger partial charge in [0.05, 0.1) is 10.6 Å². The van der Waals surface area contributed by atoms with Gasteiger partial charge in [-0.2, -0.15) is 4.31 Å². The van der Waals surface area contributed by atoms with Crippen molar-refractivity contribution in [3.05, 3.63) is 59.7 Å². The van der Waals surface area contributed by atoms with E-state index in [2.05, 4.69) is 4.98 Å². The second kappa shape index (κ2) is 7.50. The van der Waals surface area contributed by atoms with E-state index in [0.29, 0.717) is 18.0 Å². The van der Waals surface area contributed by atoms with Crippen LogP contribution in [0.5, 0.6) is 0 Å². The van der Waals surface area contributed by atoms with Crippen LogP contribution in [0.15, 0.2) is 58.8 Å². The Morgan fingerprint density at radius 3 is 2.19 bits per heavy atom. The minimum Gasteiger partial charge on any atom is -0.236 e. The Labute approximate surface area is 162 Å². The van der Waals surface area contributed by atoms with Crippen molar-refractivity contribution < 1.29 is 12.8 Å². The van der Waals surface area contributed by atoms with Gasteiger partial charge in [-0.25, -0.2) is 17.8 Å². The monoisotopic (exact) mass is 402 g/mol. The predicted molar refractivity (Wildman–Crippen MR) is 106 cm³/mol. The fraction of sp³-hybridized carbons (Fsp3) is 0.250. The first-order valence-electron chi connectivity index (χ1n) is 8.86. The molecule has 0 unspecified atom stereocenters. The van der Waals surface area contributed by atoms with Gasteiger partial charge in [0.1, 0.15) is 10.8 Å². The van der Waals surface area contributed by atoms with Crippen LogP contribution in [0.3, 0.4) is 0 Å².